The van der Waals surface area contributed by atoms with Crippen LogP contribution in [0.3, 0.4) is 0 Å². The Labute approximate surface area is 83.8 Å². The number of nitrogens with zero attached hydrogens (tertiary/aromatic N) is 1. The van der Waals surface area contributed by atoms with Crippen molar-refractivity contribution < 1.29 is 5.11 Å². The number of phenols is 1. The van der Waals surface area contributed by atoms with Gasteiger partial charge in [0.25, 0.3) is 0 Å². The second kappa shape index (κ2) is 3.32. The van der Waals surface area contributed by atoms with E-state index in [9.17, 15) is 5.11 Å². The van der Waals surface area contributed by atoms with Crippen molar-refractivity contribution in [3.63, 3.8) is 0 Å². The van der Waals surface area contributed by atoms with Gasteiger partial charge >= 0.3 is 0 Å². The first kappa shape index (κ1) is 10.6. The SMILES string of the molecule is Cc1cc(C(C)(C)N)cc(C#N)c1O. The Kier molecular flexibility index (Phi) is 2.50. The minimum absolute atomic E-state index is 0.0421. The maximum absolute atomic E-state index is 9.52. The molecular weight excluding hydrogens is 176 g/mol. The number of aromatic hydroxyl groups is 1. The van der Waals surface area contributed by atoms with Gasteiger partial charge in [-0.1, -0.05) is 6.07 Å². The lowest BCUT2D eigenvalue weighted by molar-refractivity contribution is 0.467. The fourth-order valence-corrected chi connectivity index (χ4v) is 1.24. The molecule has 0 amide bonds. The minimum atomic E-state index is -0.496. The quantitative estimate of drug-likeness (QED) is 0.709. The summed E-state index contributed by atoms with van der Waals surface area (Å²) in [5.41, 5.74) is 7.22. The van der Waals surface area contributed by atoms with Crippen LogP contribution in [0.1, 0.15) is 30.5 Å². The van der Waals surface area contributed by atoms with Gasteiger partial charge in [0.1, 0.15) is 11.8 Å². The normalized spacial score (nSPS) is 11.1. The summed E-state index contributed by atoms with van der Waals surface area (Å²) in [6.07, 6.45) is 0. The van der Waals surface area contributed by atoms with Gasteiger partial charge in [-0.15, -0.1) is 0 Å². The van der Waals surface area contributed by atoms with E-state index in [4.69, 9.17) is 11.0 Å². The highest BCUT2D eigenvalue weighted by Crippen LogP contribution is 2.27. The van der Waals surface area contributed by atoms with Crippen molar-refractivity contribution in [3.05, 3.63) is 28.8 Å². The molecule has 74 valence electrons. The third kappa shape index (κ3) is 1.86. The molecular formula is C11H14N2O. The lowest BCUT2D eigenvalue weighted by Crippen LogP contribution is -2.28. The summed E-state index contributed by atoms with van der Waals surface area (Å²) >= 11 is 0. The molecule has 0 unspecified atom stereocenters. The van der Waals surface area contributed by atoms with Gasteiger partial charge in [-0.25, -0.2) is 0 Å². The van der Waals surface area contributed by atoms with Crippen molar-refractivity contribution in [2.45, 2.75) is 26.3 Å². The van der Waals surface area contributed by atoms with E-state index in [-0.39, 0.29) is 11.3 Å². The lowest BCUT2D eigenvalue weighted by atomic mass is 9.92. The van der Waals surface area contributed by atoms with Crippen LogP contribution in [0.4, 0.5) is 0 Å². The summed E-state index contributed by atoms with van der Waals surface area (Å²) in [4.78, 5) is 0. The number of hydrogen-bond donors (Lipinski definition) is 2. The third-order valence-corrected chi connectivity index (χ3v) is 2.16. The fraction of sp³-hybridized carbons (Fsp3) is 0.364. The van der Waals surface area contributed by atoms with Gasteiger partial charge in [-0.2, -0.15) is 5.26 Å². The Balaban J connectivity index is 3.40. The monoisotopic (exact) mass is 190 g/mol. The van der Waals surface area contributed by atoms with Crippen molar-refractivity contribution >= 4 is 0 Å². The van der Waals surface area contributed by atoms with Gasteiger partial charge in [0.2, 0.25) is 0 Å². The largest absolute Gasteiger partial charge is 0.506 e. The highest BCUT2D eigenvalue weighted by Gasteiger charge is 2.17. The highest BCUT2D eigenvalue weighted by molar-refractivity contribution is 5.50. The molecule has 0 saturated heterocycles. The van der Waals surface area contributed by atoms with Gasteiger partial charge in [0.15, 0.2) is 0 Å². The smallest absolute Gasteiger partial charge is 0.136 e. The highest BCUT2D eigenvalue weighted by atomic mass is 16.3. The molecule has 0 spiro atoms. The number of rotatable bonds is 1. The van der Waals surface area contributed by atoms with Crippen LogP contribution in [-0.4, -0.2) is 5.11 Å². The standard InChI is InChI=1S/C11H14N2O/c1-7-4-9(11(2,3)13)5-8(6-12)10(7)14/h4-5,14H,13H2,1-3H3. The number of aryl methyl sites for hydroxylation is 1. The Morgan fingerprint density at radius 2 is 2.00 bits per heavy atom. The first-order valence-electron chi connectivity index (χ1n) is 4.39. The van der Waals surface area contributed by atoms with E-state index in [0.717, 1.165) is 5.56 Å². The van der Waals surface area contributed by atoms with E-state index in [1.54, 1.807) is 19.1 Å². The zero-order valence-corrected chi connectivity index (χ0v) is 8.63. The maximum atomic E-state index is 9.52. The van der Waals surface area contributed by atoms with Gasteiger partial charge in [-0.05, 0) is 38.0 Å². The van der Waals surface area contributed by atoms with Crippen LogP contribution in [0.25, 0.3) is 0 Å². The summed E-state index contributed by atoms with van der Waals surface area (Å²) in [5, 5.41) is 18.3. The molecule has 14 heavy (non-hydrogen) atoms. The molecule has 0 aliphatic rings. The molecule has 0 saturated carbocycles. The maximum Gasteiger partial charge on any atom is 0.136 e. The Morgan fingerprint density at radius 3 is 2.43 bits per heavy atom. The summed E-state index contributed by atoms with van der Waals surface area (Å²) < 4.78 is 0. The molecule has 0 radical (unpaired) electrons. The molecule has 3 nitrogen and oxygen atoms in total. The first-order chi connectivity index (χ1) is 6.36. The zero-order chi connectivity index (χ0) is 10.9. The van der Waals surface area contributed by atoms with Crippen molar-refractivity contribution in [1.82, 2.24) is 0 Å². The molecule has 1 aromatic rings. The fourth-order valence-electron chi connectivity index (χ4n) is 1.24. The second-order valence-corrected chi connectivity index (χ2v) is 4.02. The van der Waals surface area contributed by atoms with Gasteiger partial charge in [0.05, 0.1) is 5.56 Å². The van der Waals surface area contributed by atoms with Crippen molar-refractivity contribution in [3.8, 4) is 11.8 Å². The number of phenolic OH excluding ortho intramolecular Hbond substituents is 1. The minimum Gasteiger partial charge on any atom is -0.506 e. The van der Waals surface area contributed by atoms with Crippen molar-refractivity contribution in [1.29, 1.82) is 5.26 Å². The first-order valence-corrected chi connectivity index (χ1v) is 4.39. The Hall–Kier alpha value is -1.53. The van der Waals surface area contributed by atoms with E-state index >= 15 is 0 Å². The predicted octanol–water partition coefficient (Wildman–Crippen LogP) is 1.77. The van der Waals surface area contributed by atoms with Crippen LogP contribution in [-0.2, 0) is 5.54 Å². The van der Waals surface area contributed by atoms with Crippen LogP contribution in [0.15, 0.2) is 12.1 Å². The molecule has 1 rings (SSSR count). The third-order valence-electron chi connectivity index (χ3n) is 2.16. The van der Waals surface area contributed by atoms with E-state index < -0.39 is 5.54 Å². The van der Waals surface area contributed by atoms with Crippen LogP contribution < -0.4 is 5.73 Å². The van der Waals surface area contributed by atoms with Gasteiger partial charge in [0, 0.05) is 5.54 Å². The van der Waals surface area contributed by atoms with E-state index in [2.05, 4.69) is 0 Å². The van der Waals surface area contributed by atoms with Crippen molar-refractivity contribution in [2.75, 3.05) is 0 Å². The Morgan fingerprint density at radius 1 is 1.43 bits per heavy atom. The number of nitrogens with two attached hydrogens (primary N) is 1. The molecule has 0 aromatic heterocycles. The molecule has 1 aromatic carbocycles. The zero-order valence-electron chi connectivity index (χ0n) is 8.63. The topological polar surface area (TPSA) is 70.0 Å². The molecule has 3 N–H and O–H groups in total. The molecule has 3 heteroatoms. The van der Waals surface area contributed by atoms with Crippen LogP contribution in [0, 0.1) is 18.3 Å². The molecule has 0 fully saturated rings. The summed E-state index contributed by atoms with van der Waals surface area (Å²) in [5.74, 6) is 0.0421. The molecule has 0 heterocycles. The van der Waals surface area contributed by atoms with Crippen LogP contribution in [0.2, 0.25) is 0 Å². The van der Waals surface area contributed by atoms with E-state index in [1.807, 2.05) is 19.9 Å². The Bertz CT molecular complexity index is 397. The number of nitriles is 1. The molecule has 0 aliphatic carbocycles. The predicted molar refractivity (Wildman–Crippen MR) is 54.8 cm³/mol. The molecule has 0 atom stereocenters. The van der Waals surface area contributed by atoms with E-state index in [0.29, 0.717) is 5.56 Å². The van der Waals surface area contributed by atoms with Gasteiger partial charge < -0.3 is 10.8 Å². The van der Waals surface area contributed by atoms with E-state index in [1.165, 1.54) is 0 Å². The van der Waals surface area contributed by atoms with Gasteiger partial charge in [-0.3, -0.25) is 0 Å². The number of benzene rings is 1. The average Bonchev–Trinajstić information content (AvgIpc) is 2.07. The molecule has 0 bridgehead atoms. The molecule has 0 aliphatic heterocycles. The summed E-state index contributed by atoms with van der Waals surface area (Å²) in [7, 11) is 0. The summed E-state index contributed by atoms with van der Waals surface area (Å²) in [6, 6.07) is 5.37. The van der Waals surface area contributed by atoms with Crippen LogP contribution >= 0.6 is 0 Å². The second-order valence-electron chi connectivity index (χ2n) is 4.02. The summed E-state index contributed by atoms with van der Waals surface area (Å²) in [6.45, 7) is 5.48. The van der Waals surface area contributed by atoms with Crippen LogP contribution in [0.5, 0.6) is 5.75 Å². The lowest BCUT2D eigenvalue weighted by Gasteiger charge is -2.20. The number of hydrogen-bond acceptors (Lipinski definition) is 3. The van der Waals surface area contributed by atoms with Crippen molar-refractivity contribution in [2.24, 2.45) is 5.73 Å². The average molecular weight is 190 g/mol.